The molecule has 4 nitrogen and oxygen atoms in total. The molecule has 5 heteroatoms. The Morgan fingerprint density at radius 1 is 1.30 bits per heavy atom. The summed E-state index contributed by atoms with van der Waals surface area (Å²) in [7, 11) is 0. The summed E-state index contributed by atoms with van der Waals surface area (Å²) in [4.78, 5) is 11.4. The van der Waals surface area contributed by atoms with Gasteiger partial charge in [-0.3, -0.25) is 4.79 Å². The Kier molecular flexibility index (Phi) is 8.26. The summed E-state index contributed by atoms with van der Waals surface area (Å²) in [6.45, 7) is 6.49. The van der Waals surface area contributed by atoms with Crippen LogP contribution in [0.1, 0.15) is 25.3 Å². The van der Waals surface area contributed by atoms with Crippen LogP contribution < -0.4 is 5.32 Å². The number of hydrogen-bond donors (Lipinski definition) is 1. The monoisotopic (exact) mass is 299 g/mol. The molecule has 112 valence electrons. The second-order valence-corrected chi connectivity index (χ2v) is 4.71. The predicted octanol–water partition coefficient (Wildman–Crippen LogP) is 3.02. The van der Waals surface area contributed by atoms with Gasteiger partial charge in [0.25, 0.3) is 0 Å². The molecular weight excluding hydrogens is 278 g/mol. The molecule has 1 aromatic rings. The summed E-state index contributed by atoms with van der Waals surface area (Å²) in [5.41, 5.74) is 1.83. The fraction of sp³-hybridized carbons (Fsp3) is 0.533. The highest BCUT2D eigenvalue weighted by Crippen LogP contribution is 2.24. The van der Waals surface area contributed by atoms with Crippen molar-refractivity contribution < 1.29 is 14.3 Å². The van der Waals surface area contributed by atoms with Gasteiger partial charge in [-0.05, 0) is 18.6 Å². The van der Waals surface area contributed by atoms with Crippen LogP contribution >= 0.6 is 11.6 Å². The molecule has 0 spiro atoms. The van der Waals surface area contributed by atoms with Crippen LogP contribution in [-0.2, 0) is 14.3 Å². The maximum atomic E-state index is 11.4. The first kappa shape index (κ1) is 17.0. The van der Waals surface area contributed by atoms with Crippen LogP contribution in [0.2, 0.25) is 0 Å². The zero-order valence-electron chi connectivity index (χ0n) is 12.0. The van der Waals surface area contributed by atoms with Crippen LogP contribution in [0.15, 0.2) is 24.3 Å². The number of carbonyl (C=O) groups excluding carboxylic acids is 1. The standard InChI is InChI=1S/C15H22ClNO3/c1-3-19-8-9-20-11-12(2)13-6-4-5-7-14(13)17-15(18)10-16/h4-7,12H,3,8-11H2,1-2H3,(H,17,18). The number of benzene rings is 1. The average Bonchev–Trinajstić information content (AvgIpc) is 2.47. The van der Waals surface area contributed by atoms with Crippen molar-refractivity contribution in [1.29, 1.82) is 0 Å². The molecule has 0 radical (unpaired) electrons. The van der Waals surface area contributed by atoms with Gasteiger partial charge in [0.2, 0.25) is 5.91 Å². The molecule has 0 aliphatic carbocycles. The van der Waals surface area contributed by atoms with Crippen molar-refractivity contribution in [2.45, 2.75) is 19.8 Å². The Hall–Kier alpha value is -1.10. The van der Waals surface area contributed by atoms with Crippen LogP contribution in [0.5, 0.6) is 0 Å². The number of anilines is 1. The number of rotatable bonds is 9. The van der Waals surface area contributed by atoms with E-state index in [1.807, 2.05) is 31.2 Å². The van der Waals surface area contributed by atoms with Crippen LogP contribution in [0.4, 0.5) is 5.69 Å². The first-order valence-corrected chi connectivity index (χ1v) is 7.32. The molecule has 1 amide bonds. The number of alkyl halides is 1. The van der Waals surface area contributed by atoms with E-state index in [2.05, 4.69) is 12.2 Å². The minimum absolute atomic E-state index is 0.0480. The van der Waals surface area contributed by atoms with E-state index in [1.54, 1.807) is 0 Å². The fourth-order valence-corrected chi connectivity index (χ4v) is 1.90. The van der Waals surface area contributed by atoms with Gasteiger partial charge in [-0.15, -0.1) is 11.6 Å². The van der Waals surface area contributed by atoms with Crippen molar-refractivity contribution in [2.75, 3.05) is 37.6 Å². The smallest absolute Gasteiger partial charge is 0.239 e. The summed E-state index contributed by atoms with van der Waals surface area (Å²) in [6, 6.07) is 7.69. The van der Waals surface area contributed by atoms with Crippen molar-refractivity contribution in [3.63, 3.8) is 0 Å². The number of nitrogens with one attached hydrogen (secondary N) is 1. The van der Waals surface area contributed by atoms with Crippen molar-refractivity contribution in [3.8, 4) is 0 Å². The van der Waals surface area contributed by atoms with E-state index in [1.165, 1.54) is 0 Å². The molecule has 0 heterocycles. The maximum absolute atomic E-state index is 11.4. The van der Waals surface area contributed by atoms with Crippen LogP contribution in [0, 0.1) is 0 Å². The topological polar surface area (TPSA) is 47.6 Å². The van der Waals surface area contributed by atoms with Gasteiger partial charge in [0.1, 0.15) is 5.88 Å². The second kappa shape index (κ2) is 9.75. The predicted molar refractivity (Wildman–Crippen MR) is 81.5 cm³/mol. The van der Waals surface area contributed by atoms with Gasteiger partial charge >= 0.3 is 0 Å². The third-order valence-corrected chi connectivity index (χ3v) is 3.07. The summed E-state index contributed by atoms with van der Waals surface area (Å²) < 4.78 is 10.8. The Morgan fingerprint density at radius 3 is 2.70 bits per heavy atom. The molecule has 1 rings (SSSR count). The maximum Gasteiger partial charge on any atom is 0.239 e. The van der Waals surface area contributed by atoms with Gasteiger partial charge in [0.05, 0.1) is 19.8 Å². The van der Waals surface area contributed by atoms with Crippen LogP contribution in [0.25, 0.3) is 0 Å². The largest absolute Gasteiger partial charge is 0.379 e. The normalized spacial score (nSPS) is 12.2. The lowest BCUT2D eigenvalue weighted by Crippen LogP contribution is -2.16. The van der Waals surface area contributed by atoms with Gasteiger partial charge < -0.3 is 14.8 Å². The van der Waals surface area contributed by atoms with E-state index in [9.17, 15) is 4.79 Å². The highest BCUT2D eigenvalue weighted by Gasteiger charge is 2.12. The molecule has 0 aliphatic heterocycles. The number of ether oxygens (including phenoxy) is 2. The Balaban J connectivity index is 2.54. The molecule has 1 unspecified atom stereocenters. The van der Waals surface area contributed by atoms with Gasteiger partial charge in [-0.25, -0.2) is 0 Å². The molecule has 0 saturated carbocycles. The first-order chi connectivity index (χ1) is 9.69. The minimum Gasteiger partial charge on any atom is -0.379 e. The molecule has 0 aromatic heterocycles. The molecule has 0 bridgehead atoms. The zero-order valence-corrected chi connectivity index (χ0v) is 12.8. The van der Waals surface area contributed by atoms with E-state index >= 15 is 0 Å². The second-order valence-electron chi connectivity index (χ2n) is 4.44. The van der Waals surface area contributed by atoms with Crippen LogP contribution in [-0.4, -0.2) is 38.2 Å². The lowest BCUT2D eigenvalue weighted by Gasteiger charge is -2.17. The molecule has 0 aliphatic rings. The SMILES string of the molecule is CCOCCOCC(C)c1ccccc1NC(=O)CCl. The van der Waals surface area contributed by atoms with Crippen molar-refractivity contribution in [2.24, 2.45) is 0 Å². The van der Waals surface area contributed by atoms with E-state index in [4.69, 9.17) is 21.1 Å². The van der Waals surface area contributed by atoms with Crippen molar-refractivity contribution in [3.05, 3.63) is 29.8 Å². The van der Waals surface area contributed by atoms with E-state index in [0.29, 0.717) is 26.4 Å². The Bertz CT molecular complexity index is 412. The van der Waals surface area contributed by atoms with E-state index in [0.717, 1.165) is 11.3 Å². The molecule has 0 saturated heterocycles. The summed E-state index contributed by atoms with van der Waals surface area (Å²) >= 11 is 5.52. The summed E-state index contributed by atoms with van der Waals surface area (Å²) in [5, 5.41) is 2.80. The molecule has 1 aromatic carbocycles. The highest BCUT2D eigenvalue weighted by atomic mass is 35.5. The number of para-hydroxylation sites is 1. The summed E-state index contributed by atoms with van der Waals surface area (Å²) in [5.74, 6) is -0.0693. The van der Waals surface area contributed by atoms with Gasteiger partial charge in [0.15, 0.2) is 0 Å². The van der Waals surface area contributed by atoms with E-state index in [-0.39, 0.29) is 17.7 Å². The first-order valence-electron chi connectivity index (χ1n) is 6.79. The Morgan fingerprint density at radius 2 is 2.00 bits per heavy atom. The van der Waals surface area contributed by atoms with E-state index < -0.39 is 0 Å². The molecule has 20 heavy (non-hydrogen) atoms. The lowest BCUT2D eigenvalue weighted by atomic mass is 10.00. The lowest BCUT2D eigenvalue weighted by molar-refractivity contribution is -0.113. The number of carbonyl (C=O) groups is 1. The molecular formula is C15H22ClNO3. The fourth-order valence-electron chi connectivity index (χ4n) is 1.84. The molecule has 1 N–H and O–H groups in total. The van der Waals surface area contributed by atoms with Crippen molar-refractivity contribution in [1.82, 2.24) is 0 Å². The zero-order chi connectivity index (χ0) is 14.8. The molecule has 1 atom stereocenters. The molecule has 0 fully saturated rings. The third-order valence-electron chi connectivity index (χ3n) is 2.83. The summed E-state index contributed by atoms with van der Waals surface area (Å²) in [6.07, 6.45) is 0. The highest BCUT2D eigenvalue weighted by molar-refractivity contribution is 6.29. The minimum atomic E-state index is -0.205. The number of halogens is 1. The average molecular weight is 300 g/mol. The number of hydrogen-bond acceptors (Lipinski definition) is 3. The quantitative estimate of drug-likeness (QED) is 0.563. The van der Waals surface area contributed by atoms with Crippen LogP contribution in [0.3, 0.4) is 0 Å². The van der Waals surface area contributed by atoms with Gasteiger partial charge in [-0.1, -0.05) is 25.1 Å². The van der Waals surface area contributed by atoms with Gasteiger partial charge in [-0.2, -0.15) is 0 Å². The van der Waals surface area contributed by atoms with Crippen molar-refractivity contribution >= 4 is 23.2 Å². The number of amides is 1. The third kappa shape index (κ3) is 5.90. The Labute approximate surface area is 125 Å². The van der Waals surface area contributed by atoms with Gasteiger partial charge in [0, 0.05) is 18.2 Å².